The third-order valence-corrected chi connectivity index (χ3v) is 3.85. The second-order valence-corrected chi connectivity index (χ2v) is 5.36. The van der Waals surface area contributed by atoms with Crippen molar-refractivity contribution in [2.75, 3.05) is 11.9 Å². The molecule has 1 N–H and O–H groups in total. The Bertz CT molecular complexity index is 716. The molecule has 0 saturated heterocycles. The number of hydrogen-bond acceptors (Lipinski definition) is 1. The summed E-state index contributed by atoms with van der Waals surface area (Å²) in [6.07, 6.45) is 2.40. The van der Waals surface area contributed by atoms with Gasteiger partial charge in [0.15, 0.2) is 0 Å². The summed E-state index contributed by atoms with van der Waals surface area (Å²) in [7, 11) is 0. The molecule has 0 heterocycles. The Hall–Kier alpha value is -2.28. The van der Waals surface area contributed by atoms with Gasteiger partial charge >= 0.3 is 0 Å². The molecule has 0 saturated carbocycles. The maximum absolute atomic E-state index is 3.66. The van der Waals surface area contributed by atoms with Gasteiger partial charge in [-0.25, -0.2) is 0 Å². The van der Waals surface area contributed by atoms with Gasteiger partial charge in [0.25, 0.3) is 0 Å². The van der Waals surface area contributed by atoms with Crippen LogP contribution in [0.5, 0.6) is 0 Å². The summed E-state index contributed by atoms with van der Waals surface area (Å²) in [6, 6.07) is 23.6. The van der Waals surface area contributed by atoms with Crippen LogP contribution in [0.3, 0.4) is 0 Å². The largest absolute Gasteiger partial charge is 0.384 e. The average molecular weight is 275 g/mol. The highest BCUT2D eigenvalue weighted by atomic mass is 14.9. The summed E-state index contributed by atoms with van der Waals surface area (Å²) >= 11 is 0. The van der Waals surface area contributed by atoms with Gasteiger partial charge in [-0.1, -0.05) is 80.1 Å². The van der Waals surface area contributed by atoms with Gasteiger partial charge in [-0.15, -0.1) is 0 Å². The van der Waals surface area contributed by atoms with Crippen molar-refractivity contribution in [3.8, 4) is 11.1 Å². The maximum atomic E-state index is 3.66. The highest BCUT2D eigenvalue weighted by Crippen LogP contribution is 2.34. The van der Waals surface area contributed by atoms with Crippen LogP contribution in [0.2, 0.25) is 0 Å². The molecule has 3 rings (SSSR count). The van der Waals surface area contributed by atoms with Crippen molar-refractivity contribution < 1.29 is 0 Å². The van der Waals surface area contributed by atoms with E-state index < -0.39 is 0 Å². The molecular formula is C20H21N. The molecule has 0 spiro atoms. The zero-order valence-corrected chi connectivity index (χ0v) is 12.5. The van der Waals surface area contributed by atoms with Crippen LogP contribution < -0.4 is 5.32 Å². The molecule has 3 aromatic carbocycles. The molecule has 0 aliphatic rings. The lowest BCUT2D eigenvalue weighted by Gasteiger charge is -2.15. The minimum atomic E-state index is 1.02. The molecule has 0 aromatic heterocycles. The average Bonchev–Trinajstić information content (AvgIpc) is 2.56. The first kappa shape index (κ1) is 13.7. The maximum Gasteiger partial charge on any atom is 0.0499 e. The monoisotopic (exact) mass is 275 g/mol. The van der Waals surface area contributed by atoms with E-state index in [9.17, 15) is 0 Å². The minimum absolute atomic E-state index is 1.02. The van der Waals surface area contributed by atoms with Crippen molar-refractivity contribution in [3.63, 3.8) is 0 Å². The second kappa shape index (κ2) is 6.45. The van der Waals surface area contributed by atoms with Crippen molar-refractivity contribution in [2.45, 2.75) is 19.8 Å². The van der Waals surface area contributed by atoms with Crippen LogP contribution in [0.25, 0.3) is 21.9 Å². The Morgan fingerprint density at radius 1 is 0.810 bits per heavy atom. The van der Waals surface area contributed by atoms with E-state index >= 15 is 0 Å². The SMILES string of the molecule is CCCCNc1c(-c2ccccc2)ccc2ccccc12. The fourth-order valence-electron chi connectivity index (χ4n) is 2.71. The number of rotatable bonds is 5. The molecule has 106 valence electrons. The van der Waals surface area contributed by atoms with Crippen molar-refractivity contribution >= 4 is 16.5 Å². The van der Waals surface area contributed by atoms with Gasteiger partial charge in [-0.3, -0.25) is 0 Å². The first-order chi connectivity index (χ1) is 10.4. The number of anilines is 1. The first-order valence-corrected chi connectivity index (χ1v) is 7.71. The van der Waals surface area contributed by atoms with Crippen molar-refractivity contribution in [1.29, 1.82) is 0 Å². The third-order valence-electron chi connectivity index (χ3n) is 3.85. The lowest BCUT2D eigenvalue weighted by atomic mass is 9.98. The van der Waals surface area contributed by atoms with E-state index in [2.05, 4.69) is 79.0 Å². The van der Waals surface area contributed by atoms with Crippen LogP contribution in [-0.4, -0.2) is 6.54 Å². The molecule has 0 fully saturated rings. The molecular weight excluding hydrogens is 254 g/mol. The highest BCUT2D eigenvalue weighted by molar-refractivity contribution is 6.01. The van der Waals surface area contributed by atoms with Gasteiger partial charge in [0.1, 0.15) is 0 Å². The molecule has 0 amide bonds. The van der Waals surface area contributed by atoms with Gasteiger partial charge < -0.3 is 5.32 Å². The molecule has 0 aliphatic heterocycles. The fraction of sp³-hybridized carbons (Fsp3) is 0.200. The van der Waals surface area contributed by atoms with Crippen LogP contribution in [0.1, 0.15) is 19.8 Å². The van der Waals surface area contributed by atoms with Crippen molar-refractivity contribution in [1.82, 2.24) is 0 Å². The Labute approximate surface area is 126 Å². The highest BCUT2D eigenvalue weighted by Gasteiger charge is 2.08. The quantitative estimate of drug-likeness (QED) is 0.587. The molecule has 0 atom stereocenters. The van der Waals surface area contributed by atoms with Crippen LogP contribution in [-0.2, 0) is 0 Å². The molecule has 0 radical (unpaired) electrons. The molecule has 1 heteroatoms. The number of nitrogens with one attached hydrogen (secondary N) is 1. The van der Waals surface area contributed by atoms with E-state index in [4.69, 9.17) is 0 Å². The fourth-order valence-corrected chi connectivity index (χ4v) is 2.71. The second-order valence-electron chi connectivity index (χ2n) is 5.36. The standard InChI is InChI=1S/C20H21N/c1-2-3-15-21-20-18-12-8-7-11-17(18)13-14-19(20)16-9-5-4-6-10-16/h4-14,21H,2-3,15H2,1H3. The summed E-state index contributed by atoms with van der Waals surface area (Å²) in [5, 5.41) is 6.24. The minimum Gasteiger partial charge on any atom is -0.384 e. The van der Waals surface area contributed by atoms with Crippen LogP contribution in [0.15, 0.2) is 66.7 Å². The zero-order valence-electron chi connectivity index (χ0n) is 12.5. The Morgan fingerprint density at radius 3 is 2.38 bits per heavy atom. The molecule has 21 heavy (non-hydrogen) atoms. The summed E-state index contributed by atoms with van der Waals surface area (Å²) in [4.78, 5) is 0. The van der Waals surface area contributed by atoms with Crippen LogP contribution in [0.4, 0.5) is 5.69 Å². The van der Waals surface area contributed by atoms with Crippen molar-refractivity contribution in [3.05, 3.63) is 66.7 Å². The van der Waals surface area contributed by atoms with Crippen LogP contribution >= 0.6 is 0 Å². The summed E-state index contributed by atoms with van der Waals surface area (Å²) in [5.74, 6) is 0. The number of fused-ring (bicyclic) bond motifs is 1. The third kappa shape index (κ3) is 2.92. The molecule has 3 aromatic rings. The predicted molar refractivity (Wildman–Crippen MR) is 92.8 cm³/mol. The smallest absolute Gasteiger partial charge is 0.0499 e. The van der Waals surface area contributed by atoms with E-state index in [1.165, 1.54) is 40.4 Å². The van der Waals surface area contributed by atoms with Gasteiger partial charge in [0.05, 0.1) is 0 Å². The van der Waals surface area contributed by atoms with E-state index in [1.54, 1.807) is 0 Å². The van der Waals surface area contributed by atoms with E-state index in [-0.39, 0.29) is 0 Å². The molecule has 0 bridgehead atoms. The first-order valence-electron chi connectivity index (χ1n) is 7.71. The zero-order chi connectivity index (χ0) is 14.5. The lowest BCUT2D eigenvalue weighted by Crippen LogP contribution is -2.03. The normalized spacial score (nSPS) is 10.7. The van der Waals surface area contributed by atoms with E-state index in [0.29, 0.717) is 0 Å². The van der Waals surface area contributed by atoms with E-state index in [1.807, 2.05) is 0 Å². The van der Waals surface area contributed by atoms with Crippen molar-refractivity contribution in [2.24, 2.45) is 0 Å². The molecule has 1 nitrogen and oxygen atoms in total. The summed E-state index contributed by atoms with van der Waals surface area (Å²) in [6.45, 7) is 3.24. The van der Waals surface area contributed by atoms with Gasteiger partial charge in [0.2, 0.25) is 0 Å². The number of hydrogen-bond donors (Lipinski definition) is 1. The van der Waals surface area contributed by atoms with E-state index in [0.717, 1.165) is 6.54 Å². The Kier molecular flexibility index (Phi) is 4.20. The topological polar surface area (TPSA) is 12.0 Å². The van der Waals surface area contributed by atoms with Gasteiger partial charge in [-0.05, 0) is 17.4 Å². The molecule has 0 aliphatic carbocycles. The lowest BCUT2D eigenvalue weighted by molar-refractivity contribution is 0.835. The predicted octanol–water partition coefficient (Wildman–Crippen LogP) is 5.72. The van der Waals surface area contributed by atoms with Gasteiger partial charge in [0, 0.05) is 23.2 Å². The number of benzene rings is 3. The van der Waals surface area contributed by atoms with Gasteiger partial charge in [-0.2, -0.15) is 0 Å². The molecule has 0 unspecified atom stereocenters. The Morgan fingerprint density at radius 2 is 1.57 bits per heavy atom. The number of unbranched alkanes of at least 4 members (excludes halogenated alkanes) is 1. The summed E-state index contributed by atoms with van der Waals surface area (Å²) < 4.78 is 0. The van der Waals surface area contributed by atoms with Crippen LogP contribution in [0, 0.1) is 0 Å². The summed E-state index contributed by atoms with van der Waals surface area (Å²) in [5.41, 5.74) is 3.81. The Balaban J connectivity index is 2.12.